The Labute approximate surface area is 135 Å². The van der Waals surface area contributed by atoms with Crippen LogP contribution in [-0.2, 0) is 11.3 Å². The van der Waals surface area contributed by atoms with Gasteiger partial charge in [0.1, 0.15) is 5.54 Å². The Morgan fingerprint density at radius 1 is 1.17 bits per heavy atom. The summed E-state index contributed by atoms with van der Waals surface area (Å²) in [7, 11) is 0. The fraction of sp³-hybridized carbons (Fsp3) is 0.471. The summed E-state index contributed by atoms with van der Waals surface area (Å²) in [5.74, 6) is -0.668. The van der Waals surface area contributed by atoms with Crippen LogP contribution >= 0.6 is 0 Å². The van der Waals surface area contributed by atoms with Crippen molar-refractivity contribution in [3.63, 3.8) is 0 Å². The molecule has 0 aromatic heterocycles. The van der Waals surface area contributed by atoms with Crippen LogP contribution in [0.15, 0.2) is 24.3 Å². The summed E-state index contributed by atoms with van der Waals surface area (Å²) in [5, 5.41) is 2.91. The Hall–Kier alpha value is -2.37. The molecule has 1 saturated heterocycles. The average Bonchev–Trinajstić information content (AvgIpc) is 2.72. The number of imide groups is 1. The van der Waals surface area contributed by atoms with E-state index in [4.69, 9.17) is 5.73 Å². The van der Waals surface area contributed by atoms with E-state index in [0.29, 0.717) is 18.4 Å². The molecular weight excluding hydrogens is 294 g/mol. The van der Waals surface area contributed by atoms with E-state index < -0.39 is 11.4 Å². The number of nitrogens with zero attached hydrogens (tertiary/aromatic N) is 1. The molecule has 0 radical (unpaired) electrons. The van der Waals surface area contributed by atoms with Crippen LogP contribution < -0.4 is 11.1 Å². The largest absolute Gasteiger partial charge is 0.366 e. The van der Waals surface area contributed by atoms with Crippen LogP contribution in [0.4, 0.5) is 4.79 Å². The lowest BCUT2D eigenvalue weighted by Crippen LogP contribution is -2.46. The van der Waals surface area contributed by atoms with Crippen LogP contribution in [0, 0.1) is 0 Å². The molecule has 1 aromatic carbocycles. The van der Waals surface area contributed by atoms with Gasteiger partial charge < -0.3 is 11.1 Å². The fourth-order valence-electron chi connectivity index (χ4n) is 3.50. The fourth-order valence-corrected chi connectivity index (χ4v) is 3.50. The van der Waals surface area contributed by atoms with E-state index in [2.05, 4.69) is 5.32 Å². The number of benzene rings is 1. The second kappa shape index (κ2) is 6.02. The van der Waals surface area contributed by atoms with Gasteiger partial charge in [-0.2, -0.15) is 0 Å². The zero-order valence-corrected chi connectivity index (χ0v) is 13.0. The van der Waals surface area contributed by atoms with E-state index in [9.17, 15) is 14.4 Å². The average molecular weight is 315 g/mol. The van der Waals surface area contributed by atoms with Gasteiger partial charge in [-0.3, -0.25) is 14.5 Å². The van der Waals surface area contributed by atoms with Crippen molar-refractivity contribution in [2.75, 3.05) is 0 Å². The molecule has 23 heavy (non-hydrogen) atoms. The maximum atomic E-state index is 12.8. The summed E-state index contributed by atoms with van der Waals surface area (Å²) in [5.41, 5.74) is 5.64. The van der Waals surface area contributed by atoms with E-state index in [1.165, 1.54) is 4.90 Å². The third-order valence-corrected chi connectivity index (χ3v) is 4.76. The first-order chi connectivity index (χ1) is 11.0. The zero-order chi connectivity index (χ0) is 16.4. The molecule has 1 heterocycles. The summed E-state index contributed by atoms with van der Waals surface area (Å²) in [6.07, 6.45) is 5.52. The van der Waals surface area contributed by atoms with Crippen molar-refractivity contribution in [3.05, 3.63) is 35.4 Å². The molecule has 3 N–H and O–H groups in total. The molecule has 1 aromatic rings. The molecule has 2 fully saturated rings. The van der Waals surface area contributed by atoms with Gasteiger partial charge in [-0.05, 0) is 30.5 Å². The van der Waals surface area contributed by atoms with Gasteiger partial charge in [-0.25, -0.2) is 4.79 Å². The normalized spacial score (nSPS) is 20.4. The Morgan fingerprint density at radius 2 is 1.87 bits per heavy atom. The molecule has 6 heteroatoms. The van der Waals surface area contributed by atoms with E-state index >= 15 is 0 Å². The second-order valence-electron chi connectivity index (χ2n) is 6.38. The van der Waals surface area contributed by atoms with Crippen molar-refractivity contribution in [3.8, 4) is 0 Å². The number of primary amides is 1. The highest BCUT2D eigenvalue weighted by Crippen LogP contribution is 2.33. The number of carbonyl (C=O) groups is 3. The highest BCUT2D eigenvalue weighted by molar-refractivity contribution is 6.07. The summed E-state index contributed by atoms with van der Waals surface area (Å²) in [4.78, 5) is 37.6. The molecule has 1 aliphatic heterocycles. The van der Waals surface area contributed by atoms with Crippen LogP contribution in [0.5, 0.6) is 0 Å². The van der Waals surface area contributed by atoms with Crippen molar-refractivity contribution in [2.45, 2.75) is 50.6 Å². The van der Waals surface area contributed by atoms with Gasteiger partial charge in [0, 0.05) is 5.56 Å². The molecule has 0 unspecified atom stereocenters. The number of nitrogens with two attached hydrogens (primary N) is 1. The molecule has 122 valence electrons. The minimum atomic E-state index is -0.727. The monoisotopic (exact) mass is 315 g/mol. The SMILES string of the molecule is NC(=O)c1cccc(CN2C(=O)NC3(CCCCCC3)C2=O)c1. The van der Waals surface area contributed by atoms with Crippen molar-refractivity contribution in [1.29, 1.82) is 0 Å². The molecule has 3 rings (SSSR count). The van der Waals surface area contributed by atoms with Crippen LogP contribution in [0.2, 0.25) is 0 Å². The second-order valence-corrected chi connectivity index (χ2v) is 6.38. The lowest BCUT2D eigenvalue weighted by molar-refractivity contribution is -0.132. The highest BCUT2D eigenvalue weighted by Gasteiger charge is 2.50. The Morgan fingerprint density at radius 3 is 2.52 bits per heavy atom. The topological polar surface area (TPSA) is 92.5 Å². The predicted molar refractivity (Wildman–Crippen MR) is 84.5 cm³/mol. The summed E-state index contributed by atoms with van der Waals surface area (Å²) >= 11 is 0. The lowest BCUT2D eigenvalue weighted by Gasteiger charge is -2.24. The van der Waals surface area contributed by atoms with Gasteiger partial charge in [0.25, 0.3) is 5.91 Å². The first kappa shape index (κ1) is 15.5. The zero-order valence-electron chi connectivity index (χ0n) is 13.0. The summed E-state index contributed by atoms with van der Waals surface area (Å²) < 4.78 is 0. The Balaban J connectivity index is 1.80. The molecule has 1 saturated carbocycles. The third kappa shape index (κ3) is 2.93. The van der Waals surface area contributed by atoms with Gasteiger partial charge in [-0.15, -0.1) is 0 Å². The van der Waals surface area contributed by atoms with Crippen molar-refractivity contribution in [2.24, 2.45) is 5.73 Å². The molecule has 4 amide bonds. The van der Waals surface area contributed by atoms with Gasteiger partial charge in [0.2, 0.25) is 5.91 Å². The minimum absolute atomic E-state index is 0.145. The van der Waals surface area contributed by atoms with Crippen LogP contribution in [0.3, 0.4) is 0 Å². The van der Waals surface area contributed by atoms with E-state index in [0.717, 1.165) is 31.2 Å². The van der Waals surface area contributed by atoms with Crippen molar-refractivity contribution in [1.82, 2.24) is 10.2 Å². The number of hydrogen-bond donors (Lipinski definition) is 2. The maximum absolute atomic E-state index is 12.8. The minimum Gasteiger partial charge on any atom is -0.366 e. The number of hydrogen-bond acceptors (Lipinski definition) is 3. The molecule has 6 nitrogen and oxygen atoms in total. The quantitative estimate of drug-likeness (QED) is 0.835. The van der Waals surface area contributed by atoms with E-state index in [1.54, 1.807) is 24.3 Å². The predicted octanol–water partition coefficient (Wildman–Crippen LogP) is 1.93. The van der Waals surface area contributed by atoms with Gasteiger partial charge in [0.05, 0.1) is 6.54 Å². The number of rotatable bonds is 3. The standard InChI is InChI=1S/C17H21N3O3/c18-14(21)13-7-5-6-12(10-13)11-20-15(22)17(19-16(20)23)8-3-1-2-4-9-17/h5-7,10H,1-4,8-9,11H2,(H2,18,21)(H,19,23). The van der Waals surface area contributed by atoms with Crippen molar-refractivity contribution >= 4 is 17.8 Å². The van der Waals surface area contributed by atoms with Crippen LogP contribution in [-0.4, -0.2) is 28.3 Å². The number of nitrogens with one attached hydrogen (secondary N) is 1. The van der Waals surface area contributed by atoms with Gasteiger partial charge >= 0.3 is 6.03 Å². The van der Waals surface area contributed by atoms with E-state index in [1.807, 2.05) is 0 Å². The Kier molecular flexibility index (Phi) is 4.07. The number of carbonyl (C=O) groups excluding carboxylic acids is 3. The molecule has 0 atom stereocenters. The molecule has 2 aliphatic rings. The van der Waals surface area contributed by atoms with Crippen molar-refractivity contribution < 1.29 is 14.4 Å². The molecule has 0 bridgehead atoms. The molecule has 1 spiro atoms. The number of urea groups is 1. The summed E-state index contributed by atoms with van der Waals surface area (Å²) in [6.45, 7) is 0.160. The third-order valence-electron chi connectivity index (χ3n) is 4.76. The first-order valence-electron chi connectivity index (χ1n) is 8.05. The first-order valence-corrected chi connectivity index (χ1v) is 8.05. The van der Waals surface area contributed by atoms with E-state index in [-0.39, 0.29) is 18.5 Å². The highest BCUT2D eigenvalue weighted by atomic mass is 16.2. The lowest BCUT2D eigenvalue weighted by atomic mass is 9.90. The van der Waals surface area contributed by atoms with Gasteiger partial charge in [0.15, 0.2) is 0 Å². The van der Waals surface area contributed by atoms with Gasteiger partial charge in [-0.1, -0.05) is 37.8 Å². The maximum Gasteiger partial charge on any atom is 0.325 e. The summed E-state index contributed by atoms with van der Waals surface area (Å²) in [6, 6.07) is 6.38. The molecular formula is C17H21N3O3. The molecule has 1 aliphatic carbocycles. The number of amides is 4. The smallest absolute Gasteiger partial charge is 0.325 e. The van der Waals surface area contributed by atoms with Crippen LogP contribution in [0.25, 0.3) is 0 Å². The van der Waals surface area contributed by atoms with Crippen LogP contribution in [0.1, 0.15) is 54.4 Å². The Bertz CT molecular complexity index is 648.